The number of hydrogen-bond acceptors (Lipinski definition) is 2. The maximum absolute atomic E-state index is 9.15. The molecule has 3 aromatic heterocycles. The van der Waals surface area contributed by atoms with Gasteiger partial charge < -0.3 is 4.74 Å². The number of aromatic nitrogens is 4. The molecule has 0 aliphatic heterocycles. The molecule has 5 nitrogen and oxygen atoms in total. The van der Waals surface area contributed by atoms with Gasteiger partial charge in [-0.25, -0.2) is 4.98 Å². The highest BCUT2D eigenvalue weighted by Gasteiger charge is 2.21. The predicted molar refractivity (Wildman–Crippen MR) is 259 cm³/mol. The molecule has 0 fully saturated rings. The van der Waals surface area contributed by atoms with Crippen molar-refractivity contribution in [3.63, 3.8) is 0 Å². The standard InChI is InChI=1S/C58H52N4O/c1-57(2,3)37-40-17-14-20-43(33-40)48-25-16-24-47(42-18-8-7-9-19-42)56(48)61-39-60(52-27-12-13-28-53(52)61)44-21-15-22-45(35-44)63-46-29-30-50-49-23-10-11-26-51(49)62(54(50)36-46)55-34-41(31-32-59-55)38-58(4,5)6/h7-36H,37-38H2,1-6H3/i7D,8D,9D,18D,19D,37D2,38D2. The van der Waals surface area contributed by atoms with Crippen LogP contribution in [0.4, 0.5) is 0 Å². The highest BCUT2D eigenvalue weighted by Crippen LogP contribution is 2.38. The second-order valence-corrected chi connectivity index (χ2v) is 17.8. The van der Waals surface area contributed by atoms with E-state index in [2.05, 4.69) is 12.4 Å². The van der Waals surface area contributed by atoms with E-state index in [0.29, 0.717) is 62.0 Å². The molecule has 0 atom stereocenters. The van der Waals surface area contributed by atoms with E-state index in [1.54, 1.807) is 30.5 Å². The number of pyridine rings is 1. The zero-order valence-corrected chi connectivity index (χ0v) is 36.1. The number of para-hydroxylation sites is 4. The lowest BCUT2D eigenvalue weighted by Gasteiger charge is -2.20. The van der Waals surface area contributed by atoms with Crippen LogP contribution in [0.1, 0.15) is 65.0 Å². The average Bonchev–Trinajstić information content (AvgIpc) is 3.90. The number of hydrogen-bond donors (Lipinski definition) is 0. The van der Waals surface area contributed by atoms with Crippen LogP contribution in [-0.4, -0.2) is 14.1 Å². The summed E-state index contributed by atoms with van der Waals surface area (Å²) in [6.45, 7) is 11.3. The summed E-state index contributed by atoms with van der Waals surface area (Å²) in [5.41, 5.74) is 5.74. The van der Waals surface area contributed by atoms with Gasteiger partial charge in [0.15, 0.2) is 0 Å². The van der Waals surface area contributed by atoms with Crippen LogP contribution in [0.3, 0.4) is 0 Å². The lowest BCUT2D eigenvalue weighted by atomic mass is 9.87. The largest absolute Gasteiger partial charge is 0.458 e. The van der Waals surface area contributed by atoms with Crippen LogP contribution in [0.15, 0.2) is 182 Å². The summed E-state index contributed by atoms with van der Waals surface area (Å²) in [5.74, 6) is 1.69. The fourth-order valence-corrected chi connectivity index (χ4v) is 8.35. The van der Waals surface area contributed by atoms with Crippen LogP contribution in [0.5, 0.6) is 11.5 Å². The van der Waals surface area contributed by atoms with Gasteiger partial charge >= 0.3 is 0 Å². The zero-order chi connectivity index (χ0) is 51.2. The van der Waals surface area contributed by atoms with Crippen molar-refractivity contribution in [2.45, 2.75) is 54.3 Å². The Kier molecular flexibility index (Phi) is 7.76. The van der Waals surface area contributed by atoms with E-state index in [-0.39, 0.29) is 17.6 Å². The smallest absolute Gasteiger partial charge is 0.269 e. The fourth-order valence-electron chi connectivity index (χ4n) is 8.35. The zero-order valence-electron chi connectivity index (χ0n) is 45.1. The minimum atomic E-state index is -1.71. The predicted octanol–water partition coefficient (Wildman–Crippen LogP) is 14.5. The van der Waals surface area contributed by atoms with Crippen LogP contribution in [0.2, 0.25) is 0 Å². The summed E-state index contributed by atoms with van der Waals surface area (Å²) in [6, 6.07) is 43.6. The summed E-state index contributed by atoms with van der Waals surface area (Å²) in [7, 11) is 0. The molecule has 0 radical (unpaired) electrons. The Balaban J connectivity index is 1.12. The third-order valence-electron chi connectivity index (χ3n) is 10.7. The lowest BCUT2D eigenvalue weighted by molar-refractivity contribution is -0.571. The Morgan fingerprint density at radius 1 is 0.603 bits per heavy atom. The molecule has 0 aliphatic rings. The highest BCUT2D eigenvalue weighted by molar-refractivity contribution is 6.09. The van der Waals surface area contributed by atoms with E-state index in [9.17, 15) is 0 Å². The molecule has 10 rings (SSSR count). The molecule has 63 heavy (non-hydrogen) atoms. The van der Waals surface area contributed by atoms with Crippen LogP contribution >= 0.6 is 0 Å². The highest BCUT2D eigenvalue weighted by atomic mass is 16.5. The van der Waals surface area contributed by atoms with Crippen molar-refractivity contribution in [3.05, 3.63) is 199 Å². The monoisotopic (exact) mass is 829 g/mol. The lowest BCUT2D eigenvalue weighted by Crippen LogP contribution is -2.31. The van der Waals surface area contributed by atoms with Crippen LogP contribution < -0.4 is 9.30 Å². The van der Waals surface area contributed by atoms with Crippen molar-refractivity contribution in [3.8, 4) is 50.9 Å². The van der Waals surface area contributed by atoms with Crippen LogP contribution in [0.25, 0.3) is 72.3 Å². The molecule has 10 aromatic rings. The van der Waals surface area contributed by atoms with Gasteiger partial charge in [-0.3, -0.25) is 13.7 Å². The number of ether oxygens (including phenoxy) is 1. The van der Waals surface area contributed by atoms with E-state index in [1.807, 2.05) is 171 Å². The van der Waals surface area contributed by atoms with Gasteiger partial charge in [0, 0.05) is 28.5 Å². The molecule has 3 heterocycles. The topological polar surface area (TPSA) is 35.9 Å². The first-order valence-corrected chi connectivity index (χ1v) is 21.1. The van der Waals surface area contributed by atoms with Crippen molar-refractivity contribution in [2.24, 2.45) is 10.8 Å². The summed E-state index contributed by atoms with van der Waals surface area (Å²) in [5, 5.41) is 2.00. The molecule has 0 aliphatic carbocycles. The van der Waals surface area contributed by atoms with Gasteiger partial charge in [-0.1, -0.05) is 163 Å². The molecule has 0 saturated carbocycles. The molecule has 0 bridgehead atoms. The van der Waals surface area contributed by atoms with Gasteiger partial charge in [-0.15, -0.1) is 0 Å². The van der Waals surface area contributed by atoms with Gasteiger partial charge in [0.25, 0.3) is 6.33 Å². The van der Waals surface area contributed by atoms with Crippen molar-refractivity contribution < 1.29 is 21.6 Å². The summed E-state index contributed by atoms with van der Waals surface area (Å²) >= 11 is 0. The molecule has 0 spiro atoms. The van der Waals surface area contributed by atoms with Gasteiger partial charge in [0.05, 0.1) is 40.3 Å². The van der Waals surface area contributed by atoms with Crippen LogP contribution in [0, 0.1) is 17.2 Å². The fraction of sp³-hybridized carbons (Fsp3) is 0.172. The Labute approximate surface area is 383 Å². The number of benzene rings is 7. The maximum Gasteiger partial charge on any atom is 0.269 e. The molecule has 0 amide bonds. The normalized spacial score (nSPS) is 14.6. The molecular formula is C58H52N4O. The molecule has 310 valence electrons. The van der Waals surface area contributed by atoms with E-state index in [4.69, 9.17) is 22.1 Å². The molecule has 5 heteroatoms. The average molecular weight is 830 g/mol. The van der Waals surface area contributed by atoms with E-state index >= 15 is 0 Å². The first-order valence-electron chi connectivity index (χ1n) is 25.6. The summed E-state index contributed by atoms with van der Waals surface area (Å²) in [4.78, 5) is 4.76. The van der Waals surface area contributed by atoms with Crippen molar-refractivity contribution in [1.29, 1.82) is 0 Å². The maximum atomic E-state index is 9.15. The molecule has 0 unspecified atom stereocenters. The summed E-state index contributed by atoms with van der Waals surface area (Å²) < 4.78 is 92.7. The quantitative estimate of drug-likeness (QED) is 0.107. The van der Waals surface area contributed by atoms with E-state index < -0.39 is 41.7 Å². The number of rotatable bonds is 9. The molecule has 0 saturated heterocycles. The molecular weight excluding hydrogens is 769 g/mol. The van der Waals surface area contributed by atoms with E-state index in [1.165, 1.54) is 0 Å². The van der Waals surface area contributed by atoms with Crippen molar-refractivity contribution in [1.82, 2.24) is 14.1 Å². The first kappa shape index (κ1) is 30.7. The van der Waals surface area contributed by atoms with Gasteiger partial charge in [0.1, 0.15) is 17.3 Å². The Morgan fingerprint density at radius 3 is 2.06 bits per heavy atom. The SMILES string of the molecule is [2H]c1c([2H])c([2H])c(-c2cccc(-c3cccc(C([2H])([2H])C(C)(C)C)c3)c2-[n+]2[c-]n(-c3cccc(Oc4ccc5c6ccccc6n(-c6cc(C([2H])([2H])C(C)(C)C)ccn6)c5c4)c3)c3ccccc32)c([2H])c1[2H]. The van der Waals surface area contributed by atoms with Gasteiger partial charge in [-0.05, 0) is 105 Å². The minimum absolute atomic E-state index is 0.0254. The number of imidazole rings is 1. The van der Waals surface area contributed by atoms with Crippen molar-refractivity contribution in [2.75, 3.05) is 0 Å². The van der Waals surface area contributed by atoms with E-state index in [0.717, 1.165) is 27.3 Å². The Bertz CT molecular complexity index is 3760. The third kappa shape index (κ3) is 8.03. The third-order valence-corrected chi connectivity index (χ3v) is 10.7. The second-order valence-electron chi connectivity index (χ2n) is 17.8. The number of nitrogens with zero attached hydrogens (tertiary/aromatic N) is 4. The minimum Gasteiger partial charge on any atom is -0.458 e. The van der Waals surface area contributed by atoms with Crippen molar-refractivity contribution >= 4 is 32.8 Å². The molecule has 0 N–H and O–H groups in total. The first-order chi connectivity index (χ1) is 34.1. The Hall–Kier alpha value is -7.24. The molecule has 7 aromatic carbocycles. The Morgan fingerprint density at radius 2 is 1.27 bits per heavy atom. The summed E-state index contributed by atoms with van der Waals surface area (Å²) in [6.07, 6.45) is 1.90. The van der Waals surface area contributed by atoms with Crippen LogP contribution in [-0.2, 0) is 12.7 Å². The number of fused-ring (bicyclic) bond motifs is 4. The van der Waals surface area contributed by atoms with Gasteiger partial charge in [0.2, 0.25) is 0 Å². The second kappa shape index (κ2) is 15.9. The van der Waals surface area contributed by atoms with Gasteiger partial charge in [-0.2, -0.15) is 0 Å².